The maximum Gasteiger partial charge on any atom is 0.310 e. The van der Waals surface area contributed by atoms with Crippen molar-refractivity contribution in [1.82, 2.24) is 0 Å². The van der Waals surface area contributed by atoms with E-state index in [-0.39, 0.29) is 36.1 Å². The number of amides is 1. The first-order valence-electron chi connectivity index (χ1n) is 12.2. The second-order valence-corrected chi connectivity index (χ2v) is 9.07. The van der Waals surface area contributed by atoms with Crippen molar-refractivity contribution in [3.63, 3.8) is 0 Å². The number of aromatic hydroxyl groups is 1. The van der Waals surface area contributed by atoms with Crippen LogP contribution >= 0.6 is 0 Å². The van der Waals surface area contributed by atoms with Crippen LogP contribution in [0.2, 0.25) is 0 Å². The summed E-state index contributed by atoms with van der Waals surface area (Å²) in [5.74, 6) is -1.97. The zero-order valence-electron chi connectivity index (χ0n) is 21.6. The molecule has 8 heteroatoms. The van der Waals surface area contributed by atoms with Crippen molar-refractivity contribution in [1.29, 1.82) is 0 Å². The Labute approximate surface area is 220 Å². The number of phenols is 1. The van der Waals surface area contributed by atoms with Crippen molar-refractivity contribution < 1.29 is 34.1 Å². The normalized spacial score (nSPS) is 16.5. The van der Waals surface area contributed by atoms with Gasteiger partial charge in [0.1, 0.15) is 17.3 Å². The van der Waals surface area contributed by atoms with E-state index < -0.39 is 17.7 Å². The molecule has 0 radical (unpaired) electrons. The van der Waals surface area contributed by atoms with E-state index in [1.165, 1.54) is 24.1 Å². The first kappa shape index (κ1) is 26.5. The van der Waals surface area contributed by atoms with E-state index in [1.54, 1.807) is 49.4 Å². The number of hydrogen-bond acceptors (Lipinski definition) is 7. The number of ether oxygens (including phenoxy) is 2. The summed E-state index contributed by atoms with van der Waals surface area (Å²) in [4.78, 5) is 40.0. The van der Waals surface area contributed by atoms with Crippen LogP contribution in [-0.2, 0) is 25.5 Å². The summed E-state index contributed by atoms with van der Waals surface area (Å²) in [6, 6.07) is 15.4. The molecule has 0 aliphatic carbocycles. The number of hydrogen-bond donors (Lipinski definition) is 2. The topological polar surface area (TPSA) is 113 Å². The van der Waals surface area contributed by atoms with Crippen LogP contribution in [0.3, 0.4) is 0 Å². The molecule has 1 amide bonds. The average molecular weight is 516 g/mol. The van der Waals surface area contributed by atoms with Gasteiger partial charge in [0.05, 0.1) is 37.3 Å². The lowest BCUT2D eigenvalue weighted by atomic mass is 9.93. The molecule has 1 aliphatic heterocycles. The van der Waals surface area contributed by atoms with Gasteiger partial charge in [0.25, 0.3) is 11.7 Å². The highest BCUT2D eigenvalue weighted by atomic mass is 16.5. The number of nitrogens with zero attached hydrogens (tertiary/aromatic N) is 1. The smallest absolute Gasteiger partial charge is 0.310 e. The Bertz CT molecular complexity index is 1420. The van der Waals surface area contributed by atoms with Gasteiger partial charge in [0.15, 0.2) is 0 Å². The lowest BCUT2D eigenvalue weighted by Crippen LogP contribution is -2.29. The van der Waals surface area contributed by atoms with Gasteiger partial charge < -0.3 is 19.7 Å². The molecule has 1 saturated heterocycles. The molecule has 1 heterocycles. The van der Waals surface area contributed by atoms with Gasteiger partial charge in [-0.3, -0.25) is 19.3 Å². The molecule has 1 aliphatic rings. The second-order valence-electron chi connectivity index (χ2n) is 9.07. The summed E-state index contributed by atoms with van der Waals surface area (Å²) in [6.07, 6.45) is 0.0703. The van der Waals surface area contributed by atoms with Crippen molar-refractivity contribution in [2.75, 3.05) is 18.6 Å². The van der Waals surface area contributed by atoms with Crippen LogP contribution in [0.25, 0.3) is 5.76 Å². The number of aliphatic hydroxyl groups is 1. The fraction of sp³-hybridized carbons (Fsp3) is 0.233. The van der Waals surface area contributed by atoms with Gasteiger partial charge in [0, 0.05) is 5.69 Å². The van der Waals surface area contributed by atoms with Gasteiger partial charge in [-0.25, -0.2) is 0 Å². The maximum atomic E-state index is 13.4. The third-order valence-corrected chi connectivity index (χ3v) is 6.40. The molecule has 3 aromatic carbocycles. The standard InChI is InChI=1S/C30H29NO7/c1-5-38-24(33)16-19-6-10-21(11-7-19)31-26(20-8-12-22(32)13-9-20)25(28(35)30(31)36)27(34)23-15-17(2)14-18(3)29(23)37-4/h6-15,26,32,34H,5,16H2,1-4H3/b27-25+. The molecule has 0 saturated carbocycles. The van der Waals surface area contributed by atoms with E-state index in [1.807, 2.05) is 19.9 Å². The number of benzene rings is 3. The number of phenolic OH excluding ortho intramolecular Hbond substituents is 1. The van der Waals surface area contributed by atoms with E-state index in [2.05, 4.69) is 0 Å². The first-order chi connectivity index (χ1) is 18.2. The Morgan fingerprint density at radius 2 is 1.66 bits per heavy atom. The summed E-state index contributed by atoms with van der Waals surface area (Å²) in [7, 11) is 1.47. The molecule has 38 heavy (non-hydrogen) atoms. The van der Waals surface area contributed by atoms with Crippen molar-refractivity contribution in [2.24, 2.45) is 0 Å². The van der Waals surface area contributed by atoms with Crippen LogP contribution in [0.4, 0.5) is 5.69 Å². The summed E-state index contributed by atoms with van der Waals surface area (Å²) in [5.41, 5.74) is 3.42. The maximum absolute atomic E-state index is 13.4. The second kappa shape index (κ2) is 10.8. The lowest BCUT2D eigenvalue weighted by Gasteiger charge is -2.26. The largest absolute Gasteiger partial charge is 0.508 e. The summed E-state index contributed by atoms with van der Waals surface area (Å²) >= 11 is 0. The molecule has 8 nitrogen and oxygen atoms in total. The molecular weight excluding hydrogens is 486 g/mol. The quantitative estimate of drug-likeness (QED) is 0.202. The predicted octanol–water partition coefficient (Wildman–Crippen LogP) is 4.75. The monoisotopic (exact) mass is 515 g/mol. The summed E-state index contributed by atoms with van der Waals surface area (Å²) < 4.78 is 10.5. The highest BCUT2D eigenvalue weighted by Gasteiger charge is 2.47. The minimum absolute atomic E-state index is 0.0185. The van der Waals surface area contributed by atoms with Gasteiger partial charge in [-0.2, -0.15) is 0 Å². The molecule has 2 N–H and O–H groups in total. The molecule has 0 aromatic heterocycles. The number of aryl methyl sites for hydroxylation is 2. The van der Waals surface area contributed by atoms with E-state index in [0.29, 0.717) is 28.1 Å². The molecule has 1 fully saturated rings. The summed E-state index contributed by atoms with van der Waals surface area (Å²) in [6.45, 7) is 5.70. The Hall–Kier alpha value is -4.59. The van der Waals surface area contributed by atoms with Crippen molar-refractivity contribution in [3.05, 3.63) is 94.1 Å². The van der Waals surface area contributed by atoms with Crippen molar-refractivity contribution in [3.8, 4) is 11.5 Å². The molecule has 1 atom stereocenters. The lowest BCUT2D eigenvalue weighted by molar-refractivity contribution is -0.142. The number of methoxy groups -OCH3 is 1. The van der Waals surface area contributed by atoms with E-state index in [0.717, 1.165) is 11.1 Å². The zero-order chi connectivity index (χ0) is 27.6. The molecule has 196 valence electrons. The van der Waals surface area contributed by atoms with Crippen LogP contribution in [0.5, 0.6) is 11.5 Å². The van der Waals surface area contributed by atoms with E-state index in [4.69, 9.17) is 9.47 Å². The Kier molecular flexibility index (Phi) is 7.52. The SMILES string of the molecule is CCOC(=O)Cc1ccc(N2C(=O)C(=O)/C(=C(/O)c3cc(C)cc(C)c3OC)C2c2ccc(O)cc2)cc1. The van der Waals surface area contributed by atoms with E-state index >= 15 is 0 Å². The van der Waals surface area contributed by atoms with Crippen molar-refractivity contribution in [2.45, 2.75) is 33.2 Å². The van der Waals surface area contributed by atoms with Gasteiger partial charge in [0.2, 0.25) is 0 Å². The zero-order valence-corrected chi connectivity index (χ0v) is 21.6. The number of Topliss-reactive ketones (excluding diaryl/α,β-unsaturated/α-hetero) is 1. The fourth-order valence-electron chi connectivity index (χ4n) is 4.77. The Balaban J connectivity index is 1.87. The van der Waals surface area contributed by atoms with Crippen LogP contribution in [-0.4, -0.2) is 41.6 Å². The first-order valence-corrected chi connectivity index (χ1v) is 12.2. The Morgan fingerprint density at radius 3 is 2.26 bits per heavy atom. The number of rotatable bonds is 7. The number of ketones is 1. The van der Waals surface area contributed by atoms with Gasteiger partial charge in [-0.15, -0.1) is 0 Å². The molecule has 0 spiro atoms. The van der Waals surface area contributed by atoms with Crippen molar-refractivity contribution >= 4 is 29.1 Å². The predicted molar refractivity (Wildman–Crippen MR) is 142 cm³/mol. The van der Waals surface area contributed by atoms with Gasteiger partial charge >= 0.3 is 5.97 Å². The van der Waals surface area contributed by atoms with Gasteiger partial charge in [-0.05, 0) is 73.4 Å². The number of carbonyl (C=O) groups is 3. The van der Waals surface area contributed by atoms with Crippen LogP contribution in [0, 0.1) is 13.8 Å². The Morgan fingerprint density at radius 1 is 1.00 bits per heavy atom. The molecule has 4 rings (SSSR count). The summed E-state index contributed by atoms with van der Waals surface area (Å²) in [5, 5.41) is 21.4. The average Bonchev–Trinajstić information content (AvgIpc) is 3.14. The fourth-order valence-corrected chi connectivity index (χ4v) is 4.77. The number of carbonyl (C=O) groups excluding carboxylic acids is 3. The number of aliphatic hydroxyl groups excluding tert-OH is 1. The van der Waals surface area contributed by atoms with Crippen LogP contribution in [0.1, 0.15) is 40.8 Å². The highest BCUT2D eigenvalue weighted by Crippen LogP contribution is 2.44. The minimum atomic E-state index is -0.975. The molecule has 0 bridgehead atoms. The number of esters is 1. The minimum Gasteiger partial charge on any atom is -0.508 e. The highest BCUT2D eigenvalue weighted by molar-refractivity contribution is 6.51. The van der Waals surface area contributed by atoms with E-state index in [9.17, 15) is 24.6 Å². The third kappa shape index (κ3) is 4.98. The van der Waals surface area contributed by atoms with Gasteiger partial charge in [-0.1, -0.05) is 30.3 Å². The number of anilines is 1. The van der Waals surface area contributed by atoms with Crippen LogP contribution < -0.4 is 9.64 Å². The third-order valence-electron chi connectivity index (χ3n) is 6.40. The molecule has 1 unspecified atom stereocenters. The molecular formula is C30H29NO7. The van der Waals surface area contributed by atoms with Crippen LogP contribution in [0.15, 0.2) is 66.2 Å². The molecule has 3 aromatic rings.